The van der Waals surface area contributed by atoms with Gasteiger partial charge in [0.1, 0.15) is 0 Å². The third kappa shape index (κ3) is 3.59. The van der Waals surface area contributed by atoms with Gasteiger partial charge in [-0.05, 0) is 42.8 Å². The van der Waals surface area contributed by atoms with Crippen LogP contribution in [0, 0.1) is 6.92 Å². The predicted octanol–water partition coefficient (Wildman–Crippen LogP) is 1.03. The molecule has 0 saturated carbocycles. The van der Waals surface area contributed by atoms with E-state index in [1.54, 1.807) is 19.1 Å². The molecule has 3 N–H and O–H groups in total. The quantitative estimate of drug-likeness (QED) is 0.561. The molecule has 0 aliphatic rings. The lowest BCUT2D eigenvalue weighted by atomic mass is 10.1. The molecule has 9 nitrogen and oxygen atoms in total. The average molecular weight is 402 g/mol. The van der Waals surface area contributed by atoms with Crippen molar-refractivity contribution < 1.29 is 13.2 Å². The van der Waals surface area contributed by atoms with Crippen LogP contribution in [0.4, 0.5) is 5.69 Å². The molecule has 1 amide bonds. The number of carbonyl (C=O) groups excluding carboxylic acids is 1. The molecule has 0 aliphatic carbocycles. The van der Waals surface area contributed by atoms with E-state index in [2.05, 4.69) is 15.3 Å². The summed E-state index contributed by atoms with van der Waals surface area (Å²) in [4.78, 5) is 40.3. The molecule has 28 heavy (non-hydrogen) atoms. The second-order valence-corrected chi connectivity index (χ2v) is 8.51. The minimum atomic E-state index is -3.66. The van der Waals surface area contributed by atoms with Crippen LogP contribution in [0.25, 0.3) is 11.0 Å². The number of fused-ring (bicyclic) bond motifs is 1. The minimum absolute atomic E-state index is 0.0933. The van der Waals surface area contributed by atoms with Crippen LogP contribution in [0.1, 0.15) is 15.9 Å². The topological polar surface area (TPSA) is 132 Å². The summed E-state index contributed by atoms with van der Waals surface area (Å²) in [6.07, 6.45) is 0. The third-order valence-corrected chi connectivity index (χ3v) is 6.15. The van der Waals surface area contributed by atoms with Crippen molar-refractivity contribution in [2.24, 2.45) is 0 Å². The molecule has 0 spiro atoms. The molecule has 0 saturated heterocycles. The van der Waals surface area contributed by atoms with Crippen LogP contribution < -0.4 is 16.4 Å². The highest BCUT2D eigenvalue weighted by Crippen LogP contribution is 2.23. The normalized spacial score (nSPS) is 11.7. The van der Waals surface area contributed by atoms with Crippen molar-refractivity contribution in [3.63, 3.8) is 0 Å². The van der Waals surface area contributed by atoms with Crippen molar-refractivity contribution in [2.45, 2.75) is 11.8 Å². The molecule has 10 heteroatoms. The number of rotatable bonds is 4. The number of aromatic amines is 2. The Morgan fingerprint density at radius 3 is 2.25 bits per heavy atom. The van der Waals surface area contributed by atoms with Gasteiger partial charge >= 0.3 is 11.1 Å². The highest BCUT2D eigenvalue weighted by molar-refractivity contribution is 7.89. The van der Waals surface area contributed by atoms with Gasteiger partial charge in [-0.1, -0.05) is 6.07 Å². The van der Waals surface area contributed by atoms with Gasteiger partial charge in [0.15, 0.2) is 0 Å². The maximum atomic E-state index is 12.6. The lowest BCUT2D eigenvalue weighted by Gasteiger charge is -2.15. The molecule has 1 heterocycles. The Balaban J connectivity index is 1.95. The molecule has 1 aromatic heterocycles. The number of nitrogens with zero attached hydrogens (tertiary/aromatic N) is 1. The molecule has 146 valence electrons. The Morgan fingerprint density at radius 1 is 0.964 bits per heavy atom. The number of hydrogen-bond donors (Lipinski definition) is 3. The third-order valence-electron chi connectivity index (χ3n) is 4.19. The smallest absolute Gasteiger partial charge is 0.314 e. The van der Waals surface area contributed by atoms with E-state index >= 15 is 0 Å². The van der Waals surface area contributed by atoms with E-state index in [1.807, 2.05) is 0 Å². The molecular formula is C18H18N4O5S. The van der Waals surface area contributed by atoms with Crippen molar-refractivity contribution in [3.8, 4) is 0 Å². The average Bonchev–Trinajstić information content (AvgIpc) is 2.63. The summed E-state index contributed by atoms with van der Waals surface area (Å²) in [6.45, 7) is 1.67. The van der Waals surface area contributed by atoms with Crippen LogP contribution in [0.3, 0.4) is 0 Å². The van der Waals surface area contributed by atoms with Gasteiger partial charge < -0.3 is 15.3 Å². The fourth-order valence-electron chi connectivity index (χ4n) is 2.61. The largest absolute Gasteiger partial charge is 0.322 e. The summed E-state index contributed by atoms with van der Waals surface area (Å²) < 4.78 is 25.9. The summed E-state index contributed by atoms with van der Waals surface area (Å²) in [7, 11) is -0.798. The first kappa shape index (κ1) is 19.5. The van der Waals surface area contributed by atoms with Gasteiger partial charge in [-0.3, -0.25) is 14.4 Å². The zero-order valence-electron chi connectivity index (χ0n) is 15.4. The Kier molecular flexibility index (Phi) is 4.92. The second kappa shape index (κ2) is 7.06. The zero-order valence-corrected chi connectivity index (χ0v) is 16.2. The summed E-state index contributed by atoms with van der Waals surface area (Å²) in [5.41, 5.74) is 0.187. The number of sulfonamides is 1. The Morgan fingerprint density at radius 2 is 1.61 bits per heavy atom. The summed E-state index contributed by atoms with van der Waals surface area (Å²) in [5.74, 6) is -0.494. The number of aryl methyl sites for hydroxylation is 1. The molecule has 2 aromatic carbocycles. The molecule has 0 bridgehead atoms. The molecule has 0 unspecified atom stereocenters. The van der Waals surface area contributed by atoms with Gasteiger partial charge in [0.25, 0.3) is 5.91 Å². The number of benzene rings is 2. The zero-order chi connectivity index (χ0) is 20.6. The maximum Gasteiger partial charge on any atom is 0.314 e. The molecule has 0 radical (unpaired) electrons. The first-order valence-electron chi connectivity index (χ1n) is 8.20. The minimum Gasteiger partial charge on any atom is -0.322 e. The van der Waals surface area contributed by atoms with Crippen molar-refractivity contribution in [1.82, 2.24) is 14.3 Å². The van der Waals surface area contributed by atoms with E-state index < -0.39 is 27.0 Å². The van der Waals surface area contributed by atoms with Crippen LogP contribution in [0.2, 0.25) is 0 Å². The Hall–Kier alpha value is -3.24. The van der Waals surface area contributed by atoms with Gasteiger partial charge in [0.2, 0.25) is 10.0 Å². The number of carbonyl (C=O) groups is 1. The lowest BCUT2D eigenvalue weighted by Crippen LogP contribution is -2.29. The number of nitrogens with one attached hydrogen (secondary N) is 3. The summed E-state index contributed by atoms with van der Waals surface area (Å²) in [5, 5.41) is 2.64. The molecule has 0 aliphatic heterocycles. The first-order valence-corrected chi connectivity index (χ1v) is 9.64. The van der Waals surface area contributed by atoms with Crippen LogP contribution in [0.5, 0.6) is 0 Å². The number of amides is 1. The second-order valence-electron chi connectivity index (χ2n) is 6.39. The molecule has 3 rings (SSSR count). The number of aromatic nitrogens is 2. The van der Waals surface area contributed by atoms with Crippen molar-refractivity contribution in [2.75, 3.05) is 19.4 Å². The van der Waals surface area contributed by atoms with Crippen molar-refractivity contribution in [3.05, 3.63) is 68.2 Å². The van der Waals surface area contributed by atoms with Crippen molar-refractivity contribution in [1.29, 1.82) is 0 Å². The van der Waals surface area contributed by atoms with E-state index in [0.717, 1.165) is 4.31 Å². The summed E-state index contributed by atoms with van der Waals surface area (Å²) in [6, 6.07) is 9.00. The van der Waals surface area contributed by atoms with Crippen molar-refractivity contribution >= 4 is 32.7 Å². The van der Waals surface area contributed by atoms with E-state index in [1.165, 1.54) is 38.4 Å². The highest BCUT2D eigenvalue weighted by atomic mass is 32.2. The molecular weight excluding hydrogens is 384 g/mol. The fraction of sp³-hybridized carbons (Fsp3) is 0.167. The number of hydrogen-bond acceptors (Lipinski definition) is 5. The monoisotopic (exact) mass is 402 g/mol. The van der Waals surface area contributed by atoms with E-state index in [9.17, 15) is 22.8 Å². The number of H-pyrrole nitrogens is 2. The molecule has 0 fully saturated rings. The Bertz CT molecular complexity index is 1310. The highest BCUT2D eigenvalue weighted by Gasteiger charge is 2.20. The fourth-order valence-corrected chi connectivity index (χ4v) is 3.76. The van der Waals surface area contributed by atoms with Crippen LogP contribution in [-0.2, 0) is 10.0 Å². The first-order chi connectivity index (χ1) is 13.1. The van der Waals surface area contributed by atoms with Crippen LogP contribution >= 0.6 is 0 Å². The number of anilines is 1. The SMILES string of the molecule is Cc1ccc(NC(=O)c2ccc3[nH]c(=O)c(=O)[nH]c3c2)cc1S(=O)(=O)N(C)C. The van der Waals surface area contributed by atoms with Gasteiger partial charge in [0.05, 0.1) is 15.9 Å². The van der Waals surface area contributed by atoms with E-state index in [4.69, 9.17) is 0 Å². The van der Waals surface area contributed by atoms with E-state index in [-0.39, 0.29) is 10.5 Å². The van der Waals surface area contributed by atoms with Gasteiger partial charge in [-0.2, -0.15) is 0 Å². The maximum absolute atomic E-state index is 12.6. The standard InChI is InChI=1S/C18H18N4O5S/c1-10-4-6-12(9-15(10)28(26,27)22(2)3)19-16(23)11-5-7-13-14(8-11)21-18(25)17(24)20-13/h4-9H,1-3H3,(H,19,23)(H,20,24)(H,21,25). The van der Waals surface area contributed by atoms with Crippen LogP contribution in [0.15, 0.2) is 50.9 Å². The predicted molar refractivity (Wildman–Crippen MR) is 105 cm³/mol. The lowest BCUT2D eigenvalue weighted by molar-refractivity contribution is 0.102. The van der Waals surface area contributed by atoms with E-state index in [0.29, 0.717) is 22.3 Å². The molecule has 3 aromatic rings. The van der Waals surface area contributed by atoms with Gasteiger partial charge in [-0.15, -0.1) is 0 Å². The van der Waals surface area contributed by atoms with Gasteiger partial charge in [0, 0.05) is 25.3 Å². The molecule has 0 atom stereocenters. The van der Waals surface area contributed by atoms with Crippen LogP contribution in [-0.4, -0.2) is 42.7 Å². The van der Waals surface area contributed by atoms with Gasteiger partial charge in [-0.25, -0.2) is 12.7 Å². The Labute approximate surface area is 160 Å². The summed E-state index contributed by atoms with van der Waals surface area (Å²) >= 11 is 0.